The van der Waals surface area contributed by atoms with Crippen molar-refractivity contribution in [2.24, 2.45) is 0 Å². The summed E-state index contributed by atoms with van der Waals surface area (Å²) in [5.74, 6) is -0.923. The zero-order chi connectivity index (χ0) is 15.8. The minimum Gasteiger partial charge on any atom is -0.366 e. The summed E-state index contributed by atoms with van der Waals surface area (Å²) in [4.78, 5) is 23.3. The fraction of sp³-hybridized carbons (Fsp3) is 0.467. The Morgan fingerprint density at radius 2 is 1.67 bits per heavy atom. The van der Waals surface area contributed by atoms with Crippen LogP contribution in [0.5, 0.6) is 0 Å². The summed E-state index contributed by atoms with van der Waals surface area (Å²) >= 11 is 0. The third-order valence-corrected chi connectivity index (χ3v) is 2.66. The highest BCUT2D eigenvalue weighted by Crippen LogP contribution is 2.02. The molecule has 0 spiro atoms. The summed E-state index contributed by atoms with van der Waals surface area (Å²) < 4.78 is 18.1. The second-order valence-electron chi connectivity index (χ2n) is 4.88. The van der Waals surface area contributed by atoms with Crippen LogP contribution in [-0.2, 0) is 9.53 Å². The van der Waals surface area contributed by atoms with Gasteiger partial charge in [0.1, 0.15) is 11.9 Å². The Balaban J connectivity index is 2.26. The molecule has 0 aliphatic carbocycles. The Morgan fingerprint density at radius 1 is 1.10 bits per heavy atom. The van der Waals surface area contributed by atoms with Crippen molar-refractivity contribution in [2.75, 3.05) is 13.1 Å². The number of amides is 2. The van der Waals surface area contributed by atoms with E-state index in [4.69, 9.17) is 4.74 Å². The fourth-order valence-electron chi connectivity index (χ4n) is 1.68. The lowest BCUT2D eigenvalue weighted by molar-refractivity contribution is -0.134. The zero-order valence-corrected chi connectivity index (χ0v) is 12.5. The van der Waals surface area contributed by atoms with Gasteiger partial charge in [-0.15, -0.1) is 0 Å². The molecule has 2 N–H and O–H groups in total. The number of carbonyl (C=O) groups is 2. The van der Waals surface area contributed by atoms with Crippen LogP contribution >= 0.6 is 0 Å². The lowest BCUT2D eigenvalue weighted by atomic mass is 10.2. The van der Waals surface area contributed by atoms with Gasteiger partial charge < -0.3 is 15.4 Å². The largest absolute Gasteiger partial charge is 0.366 e. The molecule has 0 heterocycles. The van der Waals surface area contributed by atoms with Crippen molar-refractivity contribution in [1.82, 2.24) is 10.6 Å². The topological polar surface area (TPSA) is 67.4 Å². The predicted molar refractivity (Wildman–Crippen MR) is 77.4 cm³/mol. The maximum atomic E-state index is 12.7. The van der Waals surface area contributed by atoms with Crippen molar-refractivity contribution < 1.29 is 18.7 Å². The summed E-state index contributed by atoms with van der Waals surface area (Å²) in [6.07, 6.45) is -0.554. The Hall–Kier alpha value is -1.95. The molecule has 1 rings (SSSR count). The van der Waals surface area contributed by atoms with E-state index in [0.29, 0.717) is 12.1 Å². The normalized spacial score (nSPS) is 12.0. The van der Waals surface area contributed by atoms with E-state index in [0.717, 1.165) is 0 Å². The molecule has 1 unspecified atom stereocenters. The molecule has 21 heavy (non-hydrogen) atoms. The van der Waals surface area contributed by atoms with E-state index >= 15 is 0 Å². The van der Waals surface area contributed by atoms with E-state index in [1.165, 1.54) is 24.3 Å². The van der Waals surface area contributed by atoms with Gasteiger partial charge in [-0.25, -0.2) is 4.39 Å². The monoisotopic (exact) mass is 296 g/mol. The molecule has 0 radical (unpaired) electrons. The van der Waals surface area contributed by atoms with Crippen LogP contribution in [0.15, 0.2) is 24.3 Å². The fourth-order valence-corrected chi connectivity index (χ4v) is 1.68. The summed E-state index contributed by atoms with van der Waals surface area (Å²) in [5.41, 5.74) is 0.374. The molecule has 116 valence electrons. The van der Waals surface area contributed by atoms with Gasteiger partial charge in [0.15, 0.2) is 0 Å². The molecule has 0 saturated heterocycles. The van der Waals surface area contributed by atoms with Crippen LogP contribution < -0.4 is 10.6 Å². The van der Waals surface area contributed by atoms with E-state index in [9.17, 15) is 14.0 Å². The van der Waals surface area contributed by atoms with Crippen LogP contribution in [0.1, 0.15) is 31.1 Å². The van der Waals surface area contributed by atoms with E-state index < -0.39 is 11.9 Å². The van der Waals surface area contributed by atoms with Crippen molar-refractivity contribution in [2.45, 2.75) is 33.0 Å². The Morgan fingerprint density at radius 3 is 2.24 bits per heavy atom. The molecule has 2 amide bonds. The second kappa shape index (κ2) is 8.36. The van der Waals surface area contributed by atoms with Crippen LogP contribution in [0.2, 0.25) is 0 Å². The highest BCUT2D eigenvalue weighted by atomic mass is 19.1. The van der Waals surface area contributed by atoms with E-state index in [-0.39, 0.29) is 24.5 Å². The van der Waals surface area contributed by atoms with Crippen molar-refractivity contribution in [3.05, 3.63) is 35.6 Å². The highest BCUT2D eigenvalue weighted by molar-refractivity contribution is 5.94. The molecule has 0 aliphatic heterocycles. The number of hydrogen-bond donors (Lipinski definition) is 2. The molecule has 5 nitrogen and oxygen atoms in total. The highest BCUT2D eigenvalue weighted by Gasteiger charge is 2.14. The van der Waals surface area contributed by atoms with Gasteiger partial charge in [-0.1, -0.05) is 0 Å². The maximum absolute atomic E-state index is 12.7. The smallest absolute Gasteiger partial charge is 0.251 e. The Bertz CT molecular complexity index is 474. The molecule has 0 aromatic heterocycles. The quantitative estimate of drug-likeness (QED) is 0.749. The standard InChI is InChI=1S/C15H21FN2O3/c1-10(2)21-11(3)14(19)17-8-9-18-15(20)12-4-6-13(16)7-5-12/h4-7,10-11H,8-9H2,1-3H3,(H,17,19)(H,18,20). The first-order valence-electron chi connectivity index (χ1n) is 6.87. The van der Waals surface area contributed by atoms with Gasteiger partial charge in [0.2, 0.25) is 5.91 Å². The first kappa shape index (κ1) is 17.1. The lowest BCUT2D eigenvalue weighted by Gasteiger charge is -2.15. The SMILES string of the molecule is CC(C)OC(C)C(=O)NCCNC(=O)c1ccc(F)cc1. The van der Waals surface area contributed by atoms with Gasteiger partial charge in [-0.05, 0) is 45.0 Å². The molecular weight excluding hydrogens is 275 g/mol. The summed E-state index contributed by atoms with van der Waals surface area (Å²) in [5, 5.41) is 5.30. The van der Waals surface area contributed by atoms with Gasteiger partial charge >= 0.3 is 0 Å². The molecule has 1 aromatic carbocycles. The molecular formula is C15H21FN2O3. The number of carbonyl (C=O) groups excluding carboxylic acids is 2. The number of halogens is 1. The van der Waals surface area contributed by atoms with Crippen molar-refractivity contribution in [1.29, 1.82) is 0 Å². The Kier molecular flexibility index (Phi) is 6.81. The average Bonchev–Trinajstić information content (AvgIpc) is 2.43. The molecule has 0 aliphatic rings. The molecule has 1 atom stereocenters. The molecule has 0 bridgehead atoms. The lowest BCUT2D eigenvalue weighted by Crippen LogP contribution is -2.40. The number of benzene rings is 1. The van der Waals surface area contributed by atoms with Crippen LogP contribution in [-0.4, -0.2) is 37.1 Å². The van der Waals surface area contributed by atoms with Gasteiger partial charge in [0.05, 0.1) is 6.10 Å². The van der Waals surface area contributed by atoms with E-state index in [2.05, 4.69) is 10.6 Å². The average molecular weight is 296 g/mol. The first-order chi connectivity index (χ1) is 9.90. The molecule has 1 aromatic rings. The van der Waals surface area contributed by atoms with Gasteiger partial charge in [-0.3, -0.25) is 9.59 Å². The molecule has 0 saturated carbocycles. The van der Waals surface area contributed by atoms with Crippen LogP contribution in [0.25, 0.3) is 0 Å². The summed E-state index contributed by atoms with van der Waals surface area (Å²) in [7, 11) is 0. The number of hydrogen-bond acceptors (Lipinski definition) is 3. The van der Waals surface area contributed by atoms with E-state index in [1.54, 1.807) is 6.92 Å². The maximum Gasteiger partial charge on any atom is 0.251 e. The molecule has 0 fully saturated rings. The number of rotatable bonds is 7. The number of nitrogens with one attached hydrogen (secondary N) is 2. The minimum atomic E-state index is -0.530. The second-order valence-corrected chi connectivity index (χ2v) is 4.88. The predicted octanol–water partition coefficient (Wildman–Crippen LogP) is 1.49. The van der Waals surface area contributed by atoms with Crippen LogP contribution in [0.3, 0.4) is 0 Å². The molecule has 6 heteroatoms. The minimum absolute atomic E-state index is 0.0241. The summed E-state index contributed by atoms with van der Waals surface area (Å²) in [6, 6.07) is 5.26. The van der Waals surface area contributed by atoms with Crippen LogP contribution in [0, 0.1) is 5.82 Å². The van der Waals surface area contributed by atoms with Gasteiger partial charge in [0.25, 0.3) is 5.91 Å². The van der Waals surface area contributed by atoms with Gasteiger partial charge in [0, 0.05) is 18.7 Å². The third kappa shape index (κ3) is 6.35. The summed E-state index contributed by atoms with van der Waals surface area (Å²) in [6.45, 7) is 5.97. The first-order valence-corrected chi connectivity index (χ1v) is 6.87. The van der Waals surface area contributed by atoms with Gasteiger partial charge in [-0.2, -0.15) is 0 Å². The van der Waals surface area contributed by atoms with Crippen molar-refractivity contribution in [3.63, 3.8) is 0 Å². The van der Waals surface area contributed by atoms with Crippen molar-refractivity contribution >= 4 is 11.8 Å². The number of ether oxygens (including phenoxy) is 1. The van der Waals surface area contributed by atoms with Crippen molar-refractivity contribution in [3.8, 4) is 0 Å². The zero-order valence-electron chi connectivity index (χ0n) is 12.5. The van der Waals surface area contributed by atoms with Crippen LogP contribution in [0.4, 0.5) is 4.39 Å². The third-order valence-electron chi connectivity index (χ3n) is 2.66. The van der Waals surface area contributed by atoms with E-state index in [1.807, 2.05) is 13.8 Å². The Labute approximate surface area is 123 Å².